The normalized spacial score (nSPS) is 17.3. The SMILES string of the molecule is Cc1nn(C)c(NC(C)C(=O)N2CCOCC2)c1N. The number of nitrogen functional groups attached to an aromatic ring is 1. The van der Waals surface area contributed by atoms with Crippen LogP contribution in [0.3, 0.4) is 0 Å². The molecular weight excluding hydrogens is 246 g/mol. The van der Waals surface area contributed by atoms with E-state index in [0.717, 1.165) is 5.69 Å². The van der Waals surface area contributed by atoms with Crippen molar-refractivity contribution in [2.24, 2.45) is 7.05 Å². The lowest BCUT2D eigenvalue weighted by Crippen LogP contribution is -2.47. The minimum Gasteiger partial charge on any atom is -0.394 e. The van der Waals surface area contributed by atoms with E-state index in [4.69, 9.17) is 10.5 Å². The van der Waals surface area contributed by atoms with Crippen LogP contribution in [-0.2, 0) is 16.6 Å². The minimum atomic E-state index is -0.338. The highest BCUT2D eigenvalue weighted by molar-refractivity contribution is 5.85. The number of aryl methyl sites for hydroxylation is 2. The highest BCUT2D eigenvalue weighted by Gasteiger charge is 2.24. The molecule has 7 nitrogen and oxygen atoms in total. The number of nitrogens with one attached hydrogen (secondary N) is 1. The van der Waals surface area contributed by atoms with Crippen LogP contribution in [0, 0.1) is 6.92 Å². The van der Waals surface area contributed by atoms with E-state index in [0.29, 0.717) is 37.8 Å². The molecule has 1 amide bonds. The van der Waals surface area contributed by atoms with E-state index in [1.165, 1.54) is 0 Å². The molecule has 0 saturated carbocycles. The molecule has 7 heteroatoms. The summed E-state index contributed by atoms with van der Waals surface area (Å²) in [5.41, 5.74) is 7.29. The smallest absolute Gasteiger partial charge is 0.244 e. The number of anilines is 2. The summed E-state index contributed by atoms with van der Waals surface area (Å²) in [6.45, 7) is 6.17. The number of morpholine rings is 1. The Morgan fingerprint density at radius 3 is 2.63 bits per heavy atom. The highest BCUT2D eigenvalue weighted by atomic mass is 16.5. The van der Waals surface area contributed by atoms with E-state index < -0.39 is 0 Å². The van der Waals surface area contributed by atoms with E-state index in [1.807, 2.05) is 13.8 Å². The van der Waals surface area contributed by atoms with Gasteiger partial charge < -0.3 is 20.7 Å². The van der Waals surface area contributed by atoms with Gasteiger partial charge in [0.1, 0.15) is 11.9 Å². The van der Waals surface area contributed by atoms with Gasteiger partial charge in [-0.15, -0.1) is 0 Å². The maximum atomic E-state index is 12.3. The van der Waals surface area contributed by atoms with Crippen molar-refractivity contribution in [3.63, 3.8) is 0 Å². The van der Waals surface area contributed by atoms with Crippen molar-refractivity contribution in [1.82, 2.24) is 14.7 Å². The molecule has 0 radical (unpaired) electrons. The predicted octanol–water partition coefficient (Wildman–Crippen LogP) is -0.0301. The summed E-state index contributed by atoms with van der Waals surface area (Å²) < 4.78 is 6.90. The quantitative estimate of drug-likeness (QED) is 0.803. The molecule has 1 fully saturated rings. The molecule has 1 aliphatic heterocycles. The molecule has 0 bridgehead atoms. The number of ether oxygens (including phenoxy) is 1. The van der Waals surface area contributed by atoms with Gasteiger partial charge in [-0.3, -0.25) is 9.48 Å². The van der Waals surface area contributed by atoms with Gasteiger partial charge in [-0.05, 0) is 13.8 Å². The number of carbonyl (C=O) groups is 1. The first-order chi connectivity index (χ1) is 9.00. The Hall–Kier alpha value is -1.76. The molecule has 1 aliphatic rings. The van der Waals surface area contributed by atoms with Crippen LogP contribution in [0.1, 0.15) is 12.6 Å². The van der Waals surface area contributed by atoms with Crippen LogP contribution in [-0.4, -0.2) is 52.9 Å². The fourth-order valence-electron chi connectivity index (χ4n) is 2.17. The third-order valence-electron chi connectivity index (χ3n) is 3.31. The van der Waals surface area contributed by atoms with Crippen molar-refractivity contribution in [2.45, 2.75) is 19.9 Å². The van der Waals surface area contributed by atoms with Gasteiger partial charge in [0.25, 0.3) is 0 Å². The largest absolute Gasteiger partial charge is 0.394 e. The van der Waals surface area contributed by atoms with Gasteiger partial charge in [-0.25, -0.2) is 0 Å². The molecule has 0 aromatic carbocycles. The molecule has 0 aliphatic carbocycles. The van der Waals surface area contributed by atoms with Gasteiger partial charge >= 0.3 is 0 Å². The van der Waals surface area contributed by atoms with Crippen LogP contribution in [0.15, 0.2) is 0 Å². The predicted molar refractivity (Wildman–Crippen MR) is 72.8 cm³/mol. The summed E-state index contributed by atoms with van der Waals surface area (Å²) in [7, 11) is 1.80. The first kappa shape index (κ1) is 13.7. The third kappa shape index (κ3) is 2.81. The van der Waals surface area contributed by atoms with Crippen LogP contribution >= 0.6 is 0 Å². The molecule has 2 heterocycles. The van der Waals surface area contributed by atoms with Crippen molar-refractivity contribution in [2.75, 3.05) is 37.4 Å². The summed E-state index contributed by atoms with van der Waals surface area (Å²) in [6, 6.07) is -0.338. The fourth-order valence-corrected chi connectivity index (χ4v) is 2.17. The fraction of sp³-hybridized carbons (Fsp3) is 0.667. The molecule has 1 aromatic rings. The number of nitrogens with two attached hydrogens (primary N) is 1. The highest BCUT2D eigenvalue weighted by Crippen LogP contribution is 2.22. The standard InChI is InChI=1S/C12H21N5O2/c1-8-10(13)11(16(3)15-8)14-9(2)12(18)17-4-6-19-7-5-17/h9,14H,4-7,13H2,1-3H3. The molecule has 2 rings (SSSR count). The zero-order valence-electron chi connectivity index (χ0n) is 11.6. The second-order valence-electron chi connectivity index (χ2n) is 4.77. The van der Waals surface area contributed by atoms with Crippen molar-refractivity contribution in [3.8, 4) is 0 Å². The van der Waals surface area contributed by atoms with Gasteiger partial charge in [0.2, 0.25) is 5.91 Å². The molecule has 106 valence electrons. The summed E-state index contributed by atoms with van der Waals surface area (Å²) in [6.07, 6.45) is 0. The van der Waals surface area contributed by atoms with Gasteiger partial charge in [-0.1, -0.05) is 0 Å². The number of nitrogens with zero attached hydrogens (tertiary/aromatic N) is 3. The second-order valence-corrected chi connectivity index (χ2v) is 4.77. The molecule has 1 atom stereocenters. The maximum Gasteiger partial charge on any atom is 0.244 e. The molecule has 1 unspecified atom stereocenters. The van der Waals surface area contributed by atoms with Crippen LogP contribution < -0.4 is 11.1 Å². The molecule has 1 saturated heterocycles. The van der Waals surface area contributed by atoms with Crippen molar-refractivity contribution in [3.05, 3.63) is 5.69 Å². The zero-order valence-corrected chi connectivity index (χ0v) is 11.6. The van der Waals surface area contributed by atoms with Crippen LogP contribution in [0.25, 0.3) is 0 Å². The van der Waals surface area contributed by atoms with E-state index in [1.54, 1.807) is 16.6 Å². The number of hydrogen-bond acceptors (Lipinski definition) is 5. The van der Waals surface area contributed by atoms with E-state index in [2.05, 4.69) is 10.4 Å². The Labute approximate surface area is 112 Å². The number of carbonyl (C=O) groups excluding carboxylic acids is 1. The second kappa shape index (κ2) is 5.48. The topological polar surface area (TPSA) is 85.4 Å². The monoisotopic (exact) mass is 267 g/mol. The Morgan fingerprint density at radius 1 is 1.47 bits per heavy atom. The number of hydrogen-bond donors (Lipinski definition) is 2. The van der Waals surface area contributed by atoms with Crippen molar-refractivity contribution < 1.29 is 9.53 Å². The van der Waals surface area contributed by atoms with Gasteiger partial charge in [0.05, 0.1) is 24.6 Å². The van der Waals surface area contributed by atoms with Gasteiger partial charge in [-0.2, -0.15) is 5.10 Å². The average Bonchev–Trinajstić information content (AvgIpc) is 2.65. The lowest BCUT2D eigenvalue weighted by Gasteiger charge is -2.29. The summed E-state index contributed by atoms with van der Waals surface area (Å²) in [5, 5.41) is 7.36. The Balaban J connectivity index is 2.03. The van der Waals surface area contributed by atoms with Crippen LogP contribution in [0.2, 0.25) is 0 Å². The first-order valence-corrected chi connectivity index (χ1v) is 6.43. The maximum absolute atomic E-state index is 12.3. The lowest BCUT2D eigenvalue weighted by molar-refractivity contribution is -0.135. The number of amides is 1. The van der Waals surface area contributed by atoms with E-state index >= 15 is 0 Å². The third-order valence-corrected chi connectivity index (χ3v) is 3.31. The molecule has 19 heavy (non-hydrogen) atoms. The molecule has 1 aromatic heterocycles. The summed E-state index contributed by atoms with van der Waals surface area (Å²) in [4.78, 5) is 14.1. The van der Waals surface area contributed by atoms with Crippen LogP contribution in [0.4, 0.5) is 11.5 Å². The molecule has 3 N–H and O–H groups in total. The number of aromatic nitrogens is 2. The van der Waals surface area contributed by atoms with E-state index in [-0.39, 0.29) is 11.9 Å². The molecular formula is C12H21N5O2. The Morgan fingerprint density at radius 2 is 2.11 bits per heavy atom. The minimum absolute atomic E-state index is 0.0570. The lowest BCUT2D eigenvalue weighted by atomic mass is 10.2. The first-order valence-electron chi connectivity index (χ1n) is 6.43. The Kier molecular flexibility index (Phi) is 3.94. The van der Waals surface area contributed by atoms with Crippen molar-refractivity contribution in [1.29, 1.82) is 0 Å². The van der Waals surface area contributed by atoms with Gasteiger partial charge in [0, 0.05) is 20.1 Å². The van der Waals surface area contributed by atoms with Crippen LogP contribution in [0.5, 0.6) is 0 Å². The van der Waals surface area contributed by atoms with Crippen molar-refractivity contribution >= 4 is 17.4 Å². The summed E-state index contributed by atoms with van der Waals surface area (Å²) >= 11 is 0. The van der Waals surface area contributed by atoms with Gasteiger partial charge in [0.15, 0.2) is 0 Å². The average molecular weight is 267 g/mol. The number of rotatable bonds is 3. The Bertz CT molecular complexity index is 465. The molecule has 0 spiro atoms. The summed E-state index contributed by atoms with van der Waals surface area (Å²) in [5.74, 6) is 0.744. The van der Waals surface area contributed by atoms with E-state index in [9.17, 15) is 4.79 Å². The zero-order chi connectivity index (χ0) is 14.0.